The van der Waals surface area contributed by atoms with Crippen LogP contribution in [0.2, 0.25) is 0 Å². The molecule has 0 heterocycles. The second kappa shape index (κ2) is 17.7. The summed E-state index contributed by atoms with van der Waals surface area (Å²) >= 11 is 0. The molecule has 2 N–H and O–H groups in total. The molecule has 0 radical (unpaired) electrons. The molecular weight excluding hydrogens is 608 g/mol. The van der Waals surface area contributed by atoms with E-state index in [0.717, 1.165) is 28.1 Å². The molecule has 6 heteroatoms. The summed E-state index contributed by atoms with van der Waals surface area (Å²) in [6, 6.07) is 50.8. The summed E-state index contributed by atoms with van der Waals surface area (Å²) in [6.07, 6.45) is 0. The normalized spacial score (nSPS) is 10.1. The summed E-state index contributed by atoms with van der Waals surface area (Å²) in [7, 11) is 7.59. The van der Waals surface area contributed by atoms with Gasteiger partial charge in [-0.1, -0.05) is 140 Å². The first kappa shape index (κ1) is 35.7. The molecule has 0 fully saturated rings. The van der Waals surface area contributed by atoms with Crippen LogP contribution in [0.3, 0.4) is 0 Å². The van der Waals surface area contributed by atoms with E-state index in [-0.39, 0.29) is 5.92 Å². The van der Waals surface area contributed by atoms with Crippen LogP contribution in [0, 0.1) is 0 Å². The highest BCUT2D eigenvalue weighted by molar-refractivity contribution is 6.49. The van der Waals surface area contributed by atoms with E-state index in [2.05, 4.69) is 24.3 Å². The Bertz CT molecular complexity index is 1840. The fraction of sp³-hybridized carbons (Fsp3) is 0.116. The Labute approximate surface area is 289 Å². The Balaban J connectivity index is 0.000000220. The molecule has 49 heavy (non-hydrogen) atoms. The molecule has 0 spiro atoms. The van der Waals surface area contributed by atoms with Crippen LogP contribution in [0.1, 0.15) is 43.3 Å². The lowest BCUT2D eigenvalue weighted by molar-refractivity contribution is 0.0816. The highest BCUT2D eigenvalue weighted by Gasteiger charge is 2.26. The van der Waals surface area contributed by atoms with Crippen LogP contribution in [0.5, 0.6) is 11.5 Å². The lowest BCUT2D eigenvalue weighted by Crippen LogP contribution is -2.18. The standard InChI is InChI=1S/C27H20O2.2C8H11NO/c28-26(22-16-8-3-9-17-22)27(29)24-19-11-10-18-23(24)25(20-12-4-1-5-13-20)21-14-6-2-7-15-21;2*1-9(2)7-5-3-4-6-8(7)10/h1-19,25H;2*3-6,10H,1-2H3. The van der Waals surface area contributed by atoms with E-state index < -0.39 is 11.6 Å². The third-order valence-electron chi connectivity index (χ3n) is 7.75. The van der Waals surface area contributed by atoms with E-state index in [4.69, 9.17) is 0 Å². The van der Waals surface area contributed by atoms with Gasteiger partial charge in [-0.15, -0.1) is 0 Å². The number of ketones is 2. The molecule has 0 unspecified atom stereocenters. The highest BCUT2D eigenvalue weighted by Crippen LogP contribution is 2.34. The predicted molar refractivity (Wildman–Crippen MR) is 200 cm³/mol. The quantitative estimate of drug-likeness (QED) is 0.0973. The van der Waals surface area contributed by atoms with Crippen molar-refractivity contribution in [2.45, 2.75) is 5.92 Å². The van der Waals surface area contributed by atoms with Gasteiger partial charge in [-0.3, -0.25) is 9.59 Å². The van der Waals surface area contributed by atoms with Crippen LogP contribution in [0.15, 0.2) is 164 Å². The Kier molecular flexibility index (Phi) is 12.9. The van der Waals surface area contributed by atoms with Crippen molar-refractivity contribution in [1.29, 1.82) is 0 Å². The molecule has 248 valence electrons. The zero-order chi connectivity index (χ0) is 35.2. The molecule has 0 aliphatic carbocycles. The van der Waals surface area contributed by atoms with Gasteiger partial charge in [0.2, 0.25) is 11.6 Å². The van der Waals surface area contributed by atoms with Gasteiger partial charge in [0.15, 0.2) is 0 Å². The van der Waals surface area contributed by atoms with E-state index in [1.54, 1.807) is 42.5 Å². The van der Waals surface area contributed by atoms with Gasteiger partial charge < -0.3 is 20.0 Å². The number of Topliss-reactive ketones (excluding diaryl/α,β-unsaturated/α-hetero) is 2. The Hall–Kier alpha value is -6.14. The third kappa shape index (κ3) is 9.69. The summed E-state index contributed by atoms with van der Waals surface area (Å²) in [5, 5.41) is 18.5. The number of aromatic hydroxyl groups is 2. The first-order chi connectivity index (χ1) is 23.7. The fourth-order valence-electron chi connectivity index (χ4n) is 5.33. The number of benzene rings is 6. The van der Waals surface area contributed by atoms with Crippen molar-refractivity contribution in [3.63, 3.8) is 0 Å². The molecule has 6 nitrogen and oxygen atoms in total. The molecule has 0 bridgehead atoms. The average Bonchev–Trinajstić information content (AvgIpc) is 3.13. The molecule has 0 aliphatic heterocycles. The van der Waals surface area contributed by atoms with Crippen molar-refractivity contribution in [2.24, 2.45) is 0 Å². The molecule has 0 saturated carbocycles. The lowest BCUT2D eigenvalue weighted by Gasteiger charge is -2.21. The van der Waals surface area contributed by atoms with Gasteiger partial charge in [-0.25, -0.2) is 0 Å². The van der Waals surface area contributed by atoms with Crippen LogP contribution in [-0.2, 0) is 0 Å². The van der Waals surface area contributed by atoms with Crippen molar-refractivity contribution in [3.8, 4) is 11.5 Å². The van der Waals surface area contributed by atoms with Gasteiger partial charge in [0.05, 0.1) is 11.4 Å². The van der Waals surface area contributed by atoms with Crippen LogP contribution >= 0.6 is 0 Å². The van der Waals surface area contributed by atoms with Gasteiger partial charge in [-0.2, -0.15) is 0 Å². The van der Waals surface area contributed by atoms with Crippen molar-refractivity contribution in [3.05, 3.63) is 192 Å². The fourth-order valence-corrected chi connectivity index (χ4v) is 5.33. The lowest BCUT2D eigenvalue weighted by atomic mass is 9.81. The molecule has 0 aliphatic rings. The minimum absolute atomic E-state index is 0.138. The summed E-state index contributed by atoms with van der Waals surface area (Å²) in [4.78, 5) is 29.8. The number of carbonyl (C=O) groups is 2. The van der Waals surface area contributed by atoms with E-state index in [0.29, 0.717) is 22.6 Å². The number of nitrogens with zero attached hydrogens (tertiary/aromatic N) is 2. The predicted octanol–water partition coefficient (Wildman–Crippen LogP) is 8.85. The summed E-state index contributed by atoms with van der Waals surface area (Å²) in [6.45, 7) is 0. The van der Waals surface area contributed by atoms with Gasteiger partial charge >= 0.3 is 0 Å². The Morgan fingerprint density at radius 3 is 1.22 bits per heavy atom. The number of carbonyl (C=O) groups excluding carboxylic acids is 2. The largest absolute Gasteiger partial charge is 0.506 e. The third-order valence-corrected chi connectivity index (χ3v) is 7.75. The van der Waals surface area contributed by atoms with Gasteiger partial charge in [0.25, 0.3) is 0 Å². The van der Waals surface area contributed by atoms with Gasteiger partial charge in [-0.05, 0) is 41.0 Å². The molecular formula is C43H42N2O4. The van der Waals surface area contributed by atoms with E-state index in [1.165, 1.54) is 0 Å². The van der Waals surface area contributed by atoms with Crippen molar-refractivity contribution in [2.75, 3.05) is 38.0 Å². The summed E-state index contributed by atoms with van der Waals surface area (Å²) in [5.41, 5.74) is 5.53. The molecule has 0 saturated heterocycles. The number of para-hydroxylation sites is 4. The number of anilines is 2. The topological polar surface area (TPSA) is 81.1 Å². The van der Waals surface area contributed by atoms with E-state index in [1.807, 2.05) is 135 Å². The number of hydrogen-bond donors (Lipinski definition) is 2. The summed E-state index contributed by atoms with van der Waals surface area (Å²) < 4.78 is 0. The van der Waals surface area contributed by atoms with Crippen LogP contribution in [0.25, 0.3) is 0 Å². The van der Waals surface area contributed by atoms with Crippen LogP contribution in [0.4, 0.5) is 11.4 Å². The molecule has 6 aromatic rings. The SMILES string of the molecule is CN(C)c1ccccc1O.CN(C)c1ccccc1O.O=C(C(=O)c1ccccc1C(c1ccccc1)c1ccccc1)c1ccccc1. The van der Waals surface area contributed by atoms with E-state index >= 15 is 0 Å². The van der Waals surface area contributed by atoms with Crippen molar-refractivity contribution >= 4 is 22.9 Å². The molecule has 0 amide bonds. The van der Waals surface area contributed by atoms with Crippen LogP contribution in [-0.4, -0.2) is 50.0 Å². The number of hydrogen-bond acceptors (Lipinski definition) is 6. The van der Waals surface area contributed by atoms with Gasteiger partial charge in [0.1, 0.15) is 11.5 Å². The maximum atomic E-state index is 13.2. The molecule has 0 atom stereocenters. The first-order valence-electron chi connectivity index (χ1n) is 15.9. The zero-order valence-electron chi connectivity index (χ0n) is 28.3. The minimum Gasteiger partial charge on any atom is -0.506 e. The average molecular weight is 651 g/mol. The first-order valence-corrected chi connectivity index (χ1v) is 15.9. The minimum atomic E-state index is -0.488. The monoisotopic (exact) mass is 650 g/mol. The molecule has 6 aromatic carbocycles. The maximum absolute atomic E-state index is 13.2. The van der Waals surface area contributed by atoms with Crippen LogP contribution < -0.4 is 9.80 Å². The maximum Gasteiger partial charge on any atom is 0.233 e. The summed E-state index contributed by atoms with van der Waals surface area (Å²) in [5.74, 6) is -0.456. The Morgan fingerprint density at radius 1 is 0.449 bits per heavy atom. The van der Waals surface area contributed by atoms with E-state index in [9.17, 15) is 19.8 Å². The molecule has 6 rings (SSSR count). The smallest absolute Gasteiger partial charge is 0.233 e. The molecule has 0 aromatic heterocycles. The van der Waals surface area contributed by atoms with Crippen molar-refractivity contribution in [1.82, 2.24) is 0 Å². The number of phenols is 2. The number of phenolic OH excluding ortho intramolecular Hbond substituents is 2. The van der Waals surface area contributed by atoms with Gasteiger partial charge in [0, 0.05) is 45.2 Å². The highest BCUT2D eigenvalue weighted by atomic mass is 16.3. The zero-order valence-corrected chi connectivity index (χ0v) is 28.3. The Morgan fingerprint density at radius 2 is 0.816 bits per heavy atom. The van der Waals surface area contributed by atoms with Crippen molar-refractivity contribution < 1.29 is 19.8 Å². The second-order valence-electron chi connectivity index (χ2n) is 11.6. The second-order valence-corrected chi connectivity index (χ2v) is 11.6. The number of rotatable bonds is 8.